The standard InChI is InChI=1S/C12H11BN2O/c13-10-6-11(12(14)15-7-10)16-8-9-4-2-1-3-5-9/h1-7H,8H2,(H2,14,15). The van der Waals surface area contributed by atoms with E-state index in [1.54, 1.807) is 6.07 Å². The van der Waals surface area contributed by atoms with Crippen molar-refractivity contribution in [1.29, 1.82) is 0 Å². The van der Waals surface area contributed by atoms with Crippen LogP contribution in [-0.2, 0) is 6.61 Å². The Hall–Kier alpha value is -1.97. The van der Waals surface area contributed by atoms with E-state index in [1.807, 2.05) is 30.3 Å². The predicted molar refractivity (Wildman–Crippen MR) is 64.8 cm³/mol. The fraction of sp³-hybridized carbons (Fsp3) is 0.0833. The van der Waals surface area contributed by atoms with E-state index >= 15 is 0 Å². The number of pyridine rings is 1. The Labute approximate surface area is 95.7 Å². The van der Waals surface area contributed by atoms with Crippen molar-refractivity contribution in [2.45, 2.75) is 6.61 Å². The number of anilines is 1. The van der Waals surface area contributed by atoms with Crippen LogP contribution < -0.4 is 15.9 Å². The number of aromatic nitrogens is 1. The van der Waals surface area contributed by atoms with Crippen LogP contribution in [0.15, 0.2) is 42.6 Å². The van der Waals surface area contributed by atoms with Crippen LogP contribution in [0.3, 0.4) is 0 Å². The van der Waals surface area contributed by atoms with Crippen LogP contribution in [0.4, 0.5) is 5.82 Å². The van der Waals surface area contributed by atoms with Crippen molar-refractivity contribution >= 4 is 19.1 Å². The number of rotatable bonds is 3. The molecular formula is C12H11BN2O. The van der Waals surface area contributed by atoms with Gasteiger partial charge in [0.25, 0.3) is 0 Å². The molecule has 1 aromatic carbocycles. The molecule has 2 rings (SSSR count). The summed E-state index contributed by atoms with van der Waals surface area (Å²) in [5.74, 6) is 0.869. The number of nitrogens with two attached hydrogens (primary N) is 1. The van der Waals surface area contributed by atoms with E-state index < -0.39 is 0 Å². The molecule has 0 aliphatic heterocycles. The normalized spacial score (nSPS) is 10.0. The van der Waals surface area contributed by atoms with Crippen molar-refractivity contribution in [3.63, 3.8) is 0 Å². The fourth-order valence-corrected chi connectivity index (χ4v) is 1.32. The van der Waals surface area contributed by atoms with Crippen LogP contribution in [0.25, 0.3) is 0 Å². The highest BCUT2D eigenvalue weighted by atomic mass is 16.5. The van der Waals surface area contributed by atoms with Crippen LogP contribution in [0.1, 0.15) is 5.56 Å². The minimum absolute atomic E-state index is 0.352. The zero-order valence-corrected chi connectivity index (χ0v) is 8.76. The molecule has 1 heterocycles. The summed E-state index contributed by atoms with van der Waals surface area (Å²) < 4.78 is 5.54. The van der Waals surface area contributed by atoms with Gasteiger partial charge in [0.15, 0.2) is 11.6 Å². The fourth-order valence-electron chi connectivity index (χ4n) is 1.32. The molecule has 0 saturated heterocycles. The van der Waals surface area contributed by atoms with Gasteiger partial charge in [0.1, 0.15) is 14.5 Å². The smallest absolute Gasteiger partial charge is 0.166 e. The number of nitrogens with zero attached hydrogens (tertiary/aromatic N) is 1. The second kappa shape index (κ2) is 4.70. The monoisotopic (exact) mass is 210 g/mol. The van der Waals surface area contributed by atoms with Crippen LogP contribution in [-0.4, -0.2) is 12.8 Å². The Balaban J connectivity index is 2.08. The molecular weight excluding hydrogens is 199 g/mol. The molecule has 16 heavy (non-hydrogen) atoms. The first-order valence-electron chi connectivity index (χ1n) is 4.93. The molecule has 0 amide bonds. The average Bonchev–Trinajstić information content (AvgIpc) is 2.32. The molecule has 2 aromatic rings. The van der Waals surface area contributed by atoms with Crippen molar-refractivity contribution in [2.24, 2.45) is 0 Å². The molecule has 0 spiro atoms. The third-order valence-corrected chi connectivity index (χ3v) is 2.14. The summed E-state index contributed by atoms with van der Waals surface area (Å²) in [4.78, 5) is 3.92. The van der Waals surface area contributed by atoms with Crippen molar-refractivity contribution in [3.8, 4) is 5.75 Å². The quantitative estimate of drug-likeness (QED) is 0.769. The summed E-state index contributed by atoms with van der Waals surface area (Å²) in [6, 6.07) is 11.5. The van der Waals surface area contributed by atoms with Gasteiger partial charge in [-0.25, -0.2) is 4.98 Å². The van der Waals surface area contributed by atoms with E-state index in [0.717, 1.165) is 5.56 Å². The minimum atomic E-state index is 0.352. The Morgan fingerprint density at radius 2 is 2.00 bits per heavy atom. The third-order valence-electron chi connectivity index (χ3n) is 2.14. The topological polar surface area (TPSA) is 48.1 Å². The number of hydrogen-bond donors (Lipinski definition) is 1. The maximum absolute atomic E-state index is 5.66. The molecule has 2 N–H and O–H groups in total. The summed E-state index contributed by atoms with van der Waals surface area (Å²) >= 11 is 0. The summed E-state index contributed by atoms with van der Waals surface area (Å²) in [5.41, 5.74) is 7.27. The van der Waals surface area contributed by atoms with Gasteiger partial charge in [-0.2, -0.15) is 0 Å². The van der Waals surface area contributed by atoms with Gasteiger partial charge in [0, 0.05) is 6.20 Å². The van der Waals surface area contributed by atoms with Crippen LogP contribution in [0, 0.1) is 0 Å². The maximum atomic E-state index is 5.66. The van der Waals surface area contributed by atoms with Gasteiger partial charge < -0.3 is 10.5 Å². The lowest BCUT2D eigenvalue weighted by molar-refractivity contribution is 0.307. The van der Waals surface area contributed by atoms with E-state index in [9.17, 15) is 0 Å². The molecule has 0 atom stereocenters. The highest BCUT2D eigenvalue weighted by Crippen LogP contribution is 2.17. The Morgan fingerprint density at radius 1 is 1.25 bits per heavy atom. The molecule has 0 unspecified atom stereocenters. The van der Waals surface area contributed by atoms with Gasteiger partial charge in [0.2, 0.25) is 0 Å². The lowest BCUT2D eigenvalue weighted by atomic mass is 9.99. The number of hydrogen-bond acceptors (Lipinski definition) is 3. The van der Waals surface area contributed by atoms with E-state index in [4.69, 9.17) is 18.3 Å². The van der Waals surface area contributed by atoms with Crippen molar-refractivity contribution < 1.29 is 4.74 Å². The Bertz CT molecular complexity index is 474. The van der Waals surface area contributed by atoms with Gasteiger partial charge in [-0.3, -0.25) is 0 Å². The van der Waals surface area contributed by atoms with E-state index in [2.05, 4.69) is 4.98 Å². The van der Waals surface area contributed by atoms with Crippen LogP contribution in [0.2, 0.25) is 0 Å². The average molecular weight is 210 g/mol. The molecule has 0 aliphatic rings. The SMILES string of the molecule is [B]c1cnc(N)c(OCc2ccccc2)c1. The lowest BCUT2D eigenvalue weighted by Crippen LogP contribution is -2.08. The second-order valence-corrected chi connectivity index (χ2v) is 3.43. The van der Waals surface area contributed by atoms with Gasteiger partial charge >= 0.3 is 0 Å². The zero-order chi connectivity index (χ0) is 11.4. The summed E-state index contributed by atoms with van der Waals surface area (Å²) in [6.45, 7) is 0.455. The van der Waals surface area contributed by atoms with E-state index in [0.29, 0.717) is 23.6 Å². The van der Waals surface area contributed by atoms with E-state index in [-0.39, 0.29) is 0 Å². The Kier molecular flexibility index (Phi) is 3.10. The first kappa shape index (κ1) is 10.5. The first-order valence-corrected chi connectivity index (χ1v) is 4.93. The van der Waals surface area contributed by atoms with Gasteiger partial charge in [-0.1, -0.05) is 35.8 Å². The van der Waals surface area contributed by atoms with Crippen molar-refractivity contribution in [3.05, 3.63) is 48.2 Å². The molecule has 2 radical (unpaired) electrons. The van der Waals surface area contributed by atoms with E-state index in [1.165, 1.54) is 6.20 Å². The van der Waals surface area contributed by atoms with Gasteiger partial charge in [0.05, 0.1) is 0 Å². The minimum Gasteiger partial charge on any atom is -0.485 e. The lowest BCUT2D eigenvalue weighted by Gasteiger charge is -2.08. The highest BCUT2D eigenvalue weighted by molar-refractivity contribution is 6.32. The first-order chi connectivity index (χ1) is 7.75. The van der Waals surface area contributed by atoms with Crippen molar-refractivity contribution in [1.82, 2.24) is 4.98 Å². The largest absolute Gasteiger partial charge is 0.485 e. The molecule has 78 valence electrons. The molecule has 0 bridgehead atoms. The number of ether oxygens (including phenoxy) is 1. The zero-order valence-electron chi connectivity index (χ0n) is 8.76. The van der Waals surface area contributed by atoms with Gasteiger partial charge in [-0.15, -0.1) is 0 Å². The maximum Gasteiger partial charge on any atom is 0.166 e. The predicted octanol–water partition coefficient (Wildman–Crippen LogP) is 1.04. The Morgan fingerprint density at radius 3 is 2.75 bits per heavy atom. The van der Waals surface area contributed by atoms with Crippen LogP contribution in [0.5, 0.6) is 5.75 Å². The van der Waals surface area contributed by atoms with Crippen LogP contribution >= 0.6 is 0 Å². The third kappa shape index (κ3) is 2.54. The van der Waals surface area contributed by atoms with Crippen molar-refractivity contribution in [2.75, 3.05) is 5.73 Å². The second-order valence-electron chi connectivity index (χ2n) is 3.43. The number of nitrogen functional groups attached to an aromatic ring is 1. The van der Waals surface area contributed by atoms with Gasteiger partial charge in [-0.05, 0) is 11.6 Å². The molecule has 1 aromatic heterocycles. The summed E-state index contributed by atoms with van der Waals surface area (Å²) in [6.07, 6.45) is 1.50. The highest BCUT2D eigenvalue weighted by Gasteiger charge is 2.01. The molecule has 0 saturated carbocycles. The molecule has 4 heteroatoms. The molecule has 0 fully saturated rings. The summed E-state index contributed by atoms with van der Waals surface area (Å²) in [5, 5.41) is 0. The summed E-state index contributed by atoms with van der Waals surface area (Å²) in [7, 11) is 5.60. The molecule has 0 aliphatic carbocycles. The molecule has 3 nitrogen and oxygen atoms in total. The number of benzene rings is 1.